The molecule has 4 rings (SSSR count). The molecule has 36 heavy (non-hydrogen) atoms. The van der Waals surface area contributed by atoms with Crippen LogP contribution in [0.3, 0.4) is 0 Å². The maximum absolute atomic E-state index is 13.2. The molecule has 0 radical (unpaired) electrons. The second kappa shape index (κ2) is 9.58. The zero-order chi connectivity index (χ0) is 26.3. The summed E-state index contributed by atoms with van der Waals surface area (Å²) >= 11 is 0. The minimum Gasteiger partial charge on any atom is -0.488 e. The van der Waals surface area contributed by atoms with E-state index in [0.29, 0.717) is 17.0 Å². The molecule has 1 atom stereocenters. The lowest BCUT2D eigenvalue weighted by molar-refractivity contribution is -0.119. The van der Waals surface area contributed by atoms with E-state index in [2.05, 4.69) is 10.2 Å². The summed E-state index contributed by atoms with van der Waals surface area (Å²) in [5.41, 5.74) is 6.77. The molecule has 0 fully saturated rings. The van der Waals surface area contributed by atoms with Crippen molar-refractivity contribution in [3.63, 3.8) is 0 Å². The number of carbonyl (C=O) groups excluding carboxylic acids is 1. The van der Waals surface area contributed by atoms with Crippen LogP contribution in [0, 0.1) is 0 Å². The van der Waals surface area contributed by atoms with E-state index in [1.54, 1.807) is 18.2 Å². The number of carbonyl (C=O) groups is 1. The highest BCUT2D eigenvalue weighted by Crippen LogP contribution is 2.36. The maximum Gasteiger partial charge on any atom is 0.272 e. The lowest BCUT2D eigenvalue weighted by Gasteiger charge is -2.24. The maximum atomic E-state index is 13.2. The third kappa shape index (κ3) is 5.39. The Balaban J connectivity index is 1.73. The van der Waals surface area contributed by atoms with Crippen LogP contribution in [0.1, 0.15) is 32.2 Å². The minimum atomic E-state index is -3.87. The van der Waals surface area contributed by atoms with Crippen molar-refractivity contribution < 1.29 is 31.1 Å². The first kappa shape index (κ1) is 25.7. The van der Waals surface area contributed by atoms with Gasteiger partial charge in [-0.15, -0.1) is 10.2 Å². The highest BCUT2D eigenvalue weighted by molar-refractivity contribution is 7.91. The van der Waals surface area contributed by atoms with Gasteiger partial charge in [-0.3, -0.25) is 4.79 Å². The number of nitrogens with two attached hydrogens (primary N) is 1. The summed E-state index contributed by atoms with van der Waals surface area (Å²) in [7, 11) is -3.87. The van der Waals surface area contributed by atoms with E-state index in [1.165, 1.54) is 29.2 Å². The fourth-order valence-corrected chi connectivity index (χ4v) is 5.24. The zero-order valence-electron chi connectivity index (χ0n) is 19.9. The van der Waals surface area contributed by atoms with Gasteiger partial charge in [0.2, 0.25) is 17.7 Å². The van der Waals surface area contributed by atoms with Gasteiger partial charge in [0, 0.05) is 11.0 Å². The molecule has 1 aromatic heterocycles. The summed E-state index contributed by atoms with van der Waals surface area (Å²) < 4.78 is 61.6. The molecule has 0 saturated heterocycles. The number of fused-ring (bicyclic) bond motifs is 1. The van der Waals surface area contributed by atoms with Crippen LogP contribution < -0.4 is 15.4 Å². The van der Waals surface area contributed by atoms with Gasteiger partial charge in [-0.05, 0) is 35.9 Å². The molecular weight excluding hydrogens is 494 g/mol. The molecular formula is C24H26F2N4O5S. The van der Waals surface area contributed by atoms with Crippen molar-refractivity contribution in [1.82, 2.24) is 10.2 Å². The number of anilines is 1. The summed E-state index contributed by atoms with van der Waals surface area (Å²) in [4.78, 5) is 14.5. The number of hydrogen-bond acceptors (Lipinski definition) is 8. The van der Waals surface area contributed by atoms with Crippen LogP contribution in [0.4, 0.5) is 14.5 Å². The summed E-state index contributed by atoms with van der Waals surface area (Å²) in [5, 5.41) is 8.16. The Morgan fingerprint density at radius 2 is 1.86 bits per heavy atom. The van der Waals surface area contributed by atoms with Gasteiger partial charge in [0.15, 0.2) is 9.84 Å². The van der Waals surface area contributed by atoms with Crippen LogP contribution in [-0.2, 0) is 26.6 Å². The molecule has 2 heterocycles. The van der Waals surface area contributed by atoms with Gasteiger partial charge in [-0.25, -0.2) is 17.2 Å². The summed E-state index contributed by atoms with van der Waals surface area (Å²) in [6, 6.07) is 9.41. The van der Waals surface area contributed by atoms with Crippen LogP contribution in [0.2, 0.25) is 0 Å². The van der Waals surface area contributed by atoms with E-state index in [9.17, 15) is 22.0 Å². The Kier molecular flexibility index (Phi) is 6.84. The number of alkyl halides is 2. The largest absolute Gasteiger partial charge is 0.488 e. The van der Waals surface area contributed by atoms with Gasteiger partial charge >= 0.3 is 0 Å². The highest BCUT2D eigenvalue weighted by Gasteiger charge is 2.36. The Morgan fingerprint density at radius 1 is 1.17 bits per heavy atom. The molecule has 0 aliphatic carbocycles. The smallest absolute Gasteiger partial charge is 0.272 e. The van der Waals surface area contributed by atoms with Crippen LogP contribution >= 0.6 is 0 Å². The highest BCUT2D eigenvalue weighted by atomic mass is 32.2. The first-order chi connectivity index (χ1) is 16.8. The first-order valence-electron chi connectivity index (χ1n) is 11.1. The molecule has 12 heteroatoms. The third-order valence-corrected chi connectivity index (χ3v) is 7.33. The summed E-state index contributed by atoms with van der Waals surface area (Å²) in [6.07, 6.45) is -2.60. The molecule has 0 spiro atoms. The van der Waals surface area contributed by atoms with Gasteiger partial charge in [0.1, 0.15) is 12.4 Å². The van der Waals surface area contributed by atoms with Crippen LogP contribution in [-0.4, -0.2) is 49.3 Å². The molecule has 0 saturated carbocycles. The molecule has 2 N–H and O–H groups in total. The first-order valence-corrected chi connectivity index (χ1v) is 12.8. The van der Waals surface area contributed by atoms with Crippen LogP contribution in [0.25, 0.3) is 11.5 Å². The van der Waals surface area contributed by atoms with Crippen molar-refractivity contribution in [2.45, 2.75) is 50.1 Å². The predicted octanol–water partition coefficient (Wildman–Crippen LogP) is 3.33. The van der Waals surface area contributed by atoms with E-state index in [0.717, 1.165) is 0 Å². The monoisotopic (exact) mass is 520 g/mol. The van der Waals surface area contributed by atoms with E-state index in [-0.39, 0.29) is 34.2 Å². The van der Waals surface area contributed by atoms with Gasteiger partial charge < -0.3 is 19.8 Å². The molecule has 0 unspecified atom stereocenters. The Morgan fingerprint density at radius 3 is 2.47 bits per heavy atom. The van der Waals surface area contributed by atoms with Crippen molar-refractivity contribution in [1.29, 1.82) is 0 Å². The fraction of sp³-hybridized carbons (Fsp3) is 0.375. The fourth-order valence-electron chi connectivity index (χ4n) is 3.68. The number of rotatable bonds is 6. The van der Waals surface area contributed by atoms with E-state index >= 15 is 0 Å². The molecule has 3 aromatic rings. The molecule has 1 aliphatic rings. The average Bonchev–Trinajstić information content (AvgIpc) is 3.30. The third-order valence-electron chi connectivity index (χ3n) is 5.52. The number of halogens is 2. The number of benzene rings is 2. The lowest BCUT2D eigenvalue weighted by atomic mass is 9.97. The van der Waals surface area contributed by atoms with Crippen LogP contribution in [0.15, 0.2) is 51.8 Å². The number of ether oxygens (including phenoxy) is 1. The second-order valence-electron chi connectivity index (χ2n) is 9.50. The second-order valence-corrected chi connectivity index (χ2v) is 11.5. The van der Waals surface area contributed by atoms with E-state index < -0.39 is 40.6 Å². The van der Waals surface area contributed by atoms with E-state index in [4.69, 9.17) is 14.9 Å². The van der Waals surface area contributed by atoms with Gasteiger partial charge in [-0.2, -0.15) is 0 Å². The number of sulfone groups is 1. The average molecular weight is 521 g/mol. The quantitative estimate of drug-likeness (QED) is 0.524. The van der Waals surface area contributed by atoms with Gasteiger partial charge in [-0.1, -0.05) is 32.9 Å². The SMILES string of the molecule is CC(C)(C)c1nnc(-c2ccc3c(c2)N(Cc2ccc(OCC(F)F)cc2)C(=O)[C@@H](N)CS3(=O)=O)o1. The Bertz CT molecular complexity index is 1370. The summed E-state index contributed by atoms with van der Waals surface area (Å²) in [6.45, 7) is 5.00. The normalized spacial score (nSPS) is 17.7. The zero-order valence-corrected chi connectivity index (χ0v) is 20.8. The summed E-state index contributed by atoms with van der Waals surface area (Å²) in [5.74, 6) is -0.280. The van der Waals surface area contributed by atoms with Gasteiger partial charge in [0.25, 0.3) is 6.43 Å². The lowest BCUT2D eigenvalue weighted by Crippen LogP contribution is -2.45. The molecule has 192 valence electrons. The standard InChI is InChI=1S/C24H26F2N4O5S/c1-24(2,3)23-29-28-21(35-23)15-6-9-19-18(10-15)30(22(31)17(27)13-36(19,32)33)11-14-4-7-16(8-5-14)34-12-20(25)26/h4-10,17,20H,11-13,27H2,1-3H3/t17-/m0/s1. The van der Waals surface area contributed by atoms with E-state index in [1.807, 2.05) is 20.8 Å². The molecule has 1 amide bonds. The Hall–Kier alpha value is -3.38. The van der Waals surface area contributed by atoms with Crippen molar-refractivity contribution in [3.8, 4) is 17.2 Å². The molecule has 2 aromatic carbocycles. The van der Waals surface area contributed by atoms with Crippen LogP contribution in [0.5, 0.6) is 5.75 Å². The number of aromatic nitrogens is 2. The van der Waals surface area contributed by atoms with Crippen molar-refractivity contribution in [2.24, 2.45) is 5.73 Å². The molecule has 1 aliphatic heterocycles. The number of nitrogens with zero attached hydrogens (tertiary/aromatic N) is 3. The van der Waals surface area contributed by atoms with Gasteiger partial charge in [0.05, 0.1) is 28.9 Å². The molecule has 0 bridgehead atoms. The number of hydrogen-bond donors (Lipinski definition) is 1. The van der Waals surface area contributed by atoms with Crippen molar-refractivity contribution in [2.75, 3.05) is 17.3 Å². The van der Waals surface area contributed by atoms with Crippen molar-refractivity contribution >= 4 is 21.4 Å². The van der Waals surface area contributed by atoms with Crippen molar-refractivity contribution in [3.05, 3.63) is 53.9 Å². The predicted molar refractivity (Wildman–Crippen MR) is 128 cm³/mol. The molecule has 9 nitrogen and oxygen atoms in total. The number of amides is 1. The Labute approximate surface area is 207 Å². The topological polar surface area (TPSA) is 129 Å². The minimum absolute atomic E-state index is 0.00922.